The van der Waals surface area contributed by atoms with Crippen LogP contribution in [0.5, 0.6) is 0 Å². The Morgan fingerprint density at radius 2 is 1.96 bits per heavy atom. The molecule has 1 fully saturated rings. The number of nitrogens with one attached hydrogen (secondary N) is 1. The summed E-state index contributed by atoms with van der Waals surface area (Å²) >= 11 is 5.96. The first kappa shape index (κ1) is 19.9. The van der Waals surface area contributed by atoms with E-state index in [0.717, 1.165) is 17.7 Å². The molecule has 0 aromatic heterocycles. The molecule has 2 aromatic carbocycles. The first-order chi connectivity index (χ1) is 12.9. The fourth-order valence-corrected chi connectivity index (χ4v) is 3.46. The first-order valence-electron chi connectivity index (χ1n) is 9.38. The fraction of sp³-hybridized carbons (Fsp3) is 0.409. The van der Waals surface area contributed by atoms with E-state index in [-0.39, 0.29) is 18.1 Å². The number of halogens is 1. The van der Waals surface area contributed by atoms with Gasteiger partial charge in [-0.05, 0) is 55.2 Å². The molecule has 0 radical (unpaired) electrons. The molecule has 27 heavy (non-hydrogen) atoms. The minimum absolute atomic E-state index is 0.00935. The molecule has 2 aromatic rings. The number of aryl methyl sites for hydroxylation is 2. The Bertz CT molecular complexity index is 791. The van der Waals surface area contributed by atoms with Gasteiger partial charge in [-0.25, -0.2) is 0 Å². The van der Waals surface area contributed by atoms with Crippen LogP contribution in [0.4, 0.5) is 0 Å². The van der Waals surface area contributed by atoms with Crippen LogP contribution >= 0.6 is 11.6 Å². The highest BCUT2D eigenvalue weighted by molar-refractivity contribution is 6.30. The van der Waals surface area contributed by atoms with Gasteiger partial charge in [-0.3, -0.25) is 9.69 Å². The summed E-state index contributed by atoms with van der Waals surface area (Å²) < 4.78 is 5.87. The highest BCUT2D eigenvalue weighted by Crippen LogP contribution is 2.23. The van der Waals surface area contributed by atoms with Crippen LogP contribution in [0.2, 0.25) is 5.02 Å². The van der Waals surface area contributed by atoms with E-state index >= 15 is 0 Å². The Hall–Kier alpha value is -1.88. The lowest BCUT2D eigenvalue weighted by atomic mass is 10.0. The number of ether oxygens (including phenoxy) is 1. The lowest BCUT2D eigenvalue weighted by Gasteiger charge is -2.33. The van der Waals surface area contributed by atoms with Gasteiger partial charge in [0, 0.05) is 18.1 Å². The molecule has 144 valence electrons. The Kier molecular flexibility index (Phi) is 6.53. The Morgan fingerprint density at radius 3 is 2.67 bits per heavy atom. The predicted octanol–water partition coefficient (Wildman–Crippen LogP) is 4.21. The summed E-state index contributed by atoms with van der Waals surface area (Å²) in [6, 6.07) is 14.0. The lowest BCUT2D eigenvalue weighted by Crippen LogP contribution is -2.44. The fourth-order valence-electron chi connectivity index (χ4n) is 3.33. The number of morpholine rings is 1. The third-order valence-electron chi connectivity index (χ3n) is 5.17. The van der Waals surface area contributed by atoms with E-state index in [0.29, 0.717) is 24.7 Å². The van der Waals surface area contributed by atoms with Gasteiger partial charge in [0.05, 0.1) is 25.3 Å². The maximum Gasteiger partial charge on any atom is 0.234 e. The van der Waals surface area contributed by atoms with Crippen molar-refractivity contribution in [3.8, 4) is 0 Å². The van der Waals surface area contributed by atoms with Crippen LogP contribution in [0.15, 0.2) is 42.5 Å². The molecule has 2 unspecified atom stereocenters. The third kappa shape index (κ3) is 5.32. The smallest absolute Gasteiger partial charge is 0.234 e. The minimum Gasteiger partial charge on any atom is -0.371 e. The minimum atomic E-state index is -0.0269. The molecule has 2 atom stereocenters. The maximum absolute atomic E-state index is 12.5. The molecule has 0 saturated carbocycles. The molecule has 4 nitrogen and oxygen atoms in total. The third-order valence-corrected chi connectivity index (χ3v) is 5.42. The van der Waals surface area contributed by atoms with Crippen molar-refractivity contribution in [2.24, 2.45) is 0 Å². The van der Waals surface area contributed by atoms with Gasteiger partial charge in [0.1, 0.15) is 0 Å². The number of nitrogens with zero attached hydrogens (tertiary/aromatic N) is 1. The number of benzene rings is 2. The number of hydrogen-bond acceptors (Lipinski definition) is 3. The average molecular weight is 387 g/mol. The van der Waals surface area contributed by atoms with Gasteiger partial charge in [0.15, 0.2) is 0 Å². The molecule has 1 N–H and O–H groups in total. The first-order valence-corrected chi connectivity index (χ1v) is 9.76. The molecule has 1 aliphatic rings. The summed E-state index contributed by atoms with van der Waals surface area (Å²) in [6.45, 7) is 8.67. The van der Waals surface area contributed by atoms with Crippen molar-refractivity contribution < 1.29 is 9.53 Å². The van der Waals surface area contributed by atoms with Crippen molar-refractivity contribution in [1.29, 1.82) is 0 Å². The van der Waals surface area contributed by atoms with E-state index in [9.17, 15) is 4.79 Å². The van der Waals surface area contributed by atoms with Gasteiger partial charge in [-0.15, -0.1) is 0 Å². The van der Waals surface area contributed by atoms with Crippen molar-refractivity contribution in [2.45, 2.75) is 32.9 Å². The maximum atomic E-state index is 12.5. The molecule has 0 aliphatic carbocycles. The van der Waals surface area contributed by atoms with Crippen LogP contribution in [0.3, 0.4) is 0 Å². The van der Waals surface area contributed by atoms with Gasteiger partial charge in [0.25, 0.3) is 0 Å². The lowest BCUT2D eigenvalue weighted by molar-refractivity contribution is -0.125. The molecule has 1 amide bonds. The van der Waals surface area contributed by atoms with Gasteiger partial charge >= 0.3 is 0 Å². The number of carbonyl (C=O) groups is 1. The molecule has 0 bridgehead atoms. The van der Waals surface area contributed by atoms with E-state index in [1.165, 1.54) is 11.1 Å². The Balaban J connectivity index is 1.55. The molecule has 5 heteroatoms. The zero-order valence-electron chi connectivity index (χ0n) is 16.2. The monoisotopic (exact) mass is 386 g/mol. The second-order valence-electron chi connectivity index (χ2n) is 7.28. The standard InChI is InChI=1S/C22H27ClN2O2/c1-15-4-5-19(12-16(15)2)17(3)24-22(26)14-25-10-11-27-21(13-25)18-6-8-20(23)9-7-18/h4-9,12,17,21H,10-11,13-14H2,1-3H3,(H,24,26). The number of hydrogen-bond donors (Lipinski definition) is 1. The number of amides is 1. The van der Waals surface area contributed by atoms with Crippen molar-refractivity contribution in [3.63, 3.8) is 0 Å². The molecule has 1 aliphatic heterocycles. The van der Waals surface area contributed by atoms with Gasteiger partial charge in [-0.2, -0.15) is 0 Å². The van der Waals surface area contributed by atoms with E-state index in [1.54, 1.807) is 0 Å². The molecular weight excluding hydrogens is 360 g/mol. The molecule has 0 spiro atoms. The van der Waals surface area contributed by atoms with E-state index in [4.69, 9.17) is 16.3 Å². The van der Waals surface area contributed by atoms with Crippen molar-refractivity contribution in [3.05, 3.63) is 69.7 Å². The van der Waals surface area contributed by atoms with E-state index in [2.05, 4.69) is 42.3 Å². The molecule has 1 saturated heterocycles. The SMILES string of the molecule is Cc1ccc(C(C)NC(=O)CN2CCOC(c3ccc(Cl)cc3)C2)cc1C. The molecule has 3 rings (SSSR count). The molecule has 1 heterocycles. The summed E-state index contributed by atoms with van der Waals surface area (Å²) in [5, 5.41) is 3.83. The van der Waals surface area contributed by atoms with Gasteiger partial charge in [-0.1, -0.05) is 41.9 Å². The highest BCUT2D eigenvalue weighted by atomic mass is 35.5. The van der Waals surface area contributed by atoms with Gasteiger partial charge in [0.2, 0.25) is 5.91 Å². The zero-order valence-corrected chi connectivity index (χ0v) is 16.9. The van der Waals surface area contributed by atoms with Crippen LogP contribution < -0.4 is 5.32 Å². The van der Waals surface area contributed by atoms with E-state index < -0.39 is 0 Å². The summed E-state index contributed by atoms with van der Waals surface area (Å²) in [5.41, 5.74) is 4.73. The quantitative estimate of drug-likeness (QED) is 0.837. The van der Waals surface area contributed by atoms with Crippen LogP contribution in [0.1, 0.15) is 41.3 Å². The largest absolute Gasteiger partial charge is 0.371 e. The van der Waals surface area contributed by atoms with Crippen LogP contribution in [-0.4, -0.2) is 37.0 Å². The zero-order chi connectivity index (χ0) is 19.4. The average Bonchev–Trinajstić information content (AvgIpc) is 2.64. The van der Waals surface area contributed by atoms with Crippen LogP contribution in [0, 0.1) is 13.8 Å². The van der Waals surface area contributed by atoms with Crippen LogP contribution in [0.25, 0.3) is 0 Å². The summed E-state index contributed by atoms with van der Waals surface area (Å²) in [4.78, 5) is 14.7. The van der Waals surface area contributed by atoms with Crippen LogP contribution in [-0.2, 0) is 9.53 Å². The number of carbonyl (C=O) groups excluding carboxylic acids is 1. The van der Waals surface area contributed by atoms with Gasteiger partial charge < -0.3 is 10.1 Å². The highest BCUT2D eigenvalue weighted by Gasteiger charge is 2.24. The predicted molar refractivity (Wildman–Crippen MR) is 109 cm³/mol. The summed E-state index contributed by atoms with van der Waals surface area (Å²) in [5.74, 6) is 0.0393. The summed E-state index contributed by atoms with van der Waals surface area (Å²) in [6.07, 6.45) is -0.0269. The topological polar surface area (TPSA) is 41.6 Å². The molecular formula is C22H27ClN2O2. The van der Waals surface area contributed by atoms with E-state index in [1.807, 2.05) is 31.2 Å². The van der Waals surface area contributed by atoms with Crippen molar-refractivity contribution in [1.82, 2.24) is 10.2 Å². The van der Waals surface area contributed by atoms with Crippen molar-refractivity contribution >= 4 is 17.5 Å². The second kappa shape index (κ2) is 8.87. The number of rotatable bonds is 5. The second-order valence-corrected chi connectivity index (χ2v) is 7.72. The normalized spacial score (nSPS) is 18.9. The summed E-state index contributed by atoms with van der Waals surface area (Å²) in [7, 11) is 0. The van der Waals surface area contributed by atoms with Crippen molar-refractivity contribution in [2.75, 3.05) is 26.2 Å². The Morgan fingerprint density at radius 1 is 1.22 bits per heavy atom. The Labute approximate surface area is 166 Å².